The van der Waals surface area contributed by atoms with Crippen molar-refractivity contribution < 1.29 is 14.3 Å². The van der Waals surface area contributed by atoms with Crippen LogP contribution in [0, 0.1) is 5.92 Å². The van der Waals surface area contributed by atoms with Gasteiger partial charge < -0.3 is 14.8 Å². The largest absolute Gasteiger partial charge is 0.486 e. The molecule has 2 aliphatic rings. The topological polar surface area (TPSA) is 50.8 Å². The summed E-state index contributed by atoms with van der Waals surface area (Å²) < 4.78 is 11.3. The van der Waals surface area contributed by atoms with E-state index in [1.54, 1.807) is 0 Å². The Balaban J connectivity index is 1.33. The summed E-state index contributed by atoms with van der Waals surface area (Å²) >= 11 is 0. The Labute approximate surface area is 173 Å². The number of likely N-dealkylation sites (tertiary alicyclic amines) is 1. The molecule has 29 heavy (non-hydrogen) atoms. The number of rotatable bonds is 5. The highest BCUT2D eigenvalue weighted by atomic mass is 16.6. The number of hydrogen-bond acceptors (Lipinski definition) is 4. The van der Waals surface area contributed by atoms with Crippen LogP contribution in [0.25, 0.3) is 0 Å². The van der Waals surface area contributed by atoms with Crippen LogP contribution in [0.3, 0.4) is 0 Å². The highest BCUT2D eigenvalue weighted by Gasteiger charge is 2.22. The molecule has 0 saturated carbocycles. The first kappa shape index (κ1) is 19.8. The van der Waals surface area contributed by atoms with Crippen molar-refractivity contribution in [2.75, 3.05) is 31.6 Å². The van der Waals surface area contributed by atoms with Gasteiger partial charge in [-0.25, -0.2) is 0 Å². The van der Waals surface area contributed by atoms with E-state index in [1.165, 1.54) is 11.1 Å². The van der Waals surface area contributed by atoms with Crippen molar-refractivity contribution in [3.63, 3.8) is 0 Å². The van der Waals surface area contributed by atoms with Crippen LogP contribution < -0.4 is 14.8 Å². The molecule has 0 unspecified atom stereocenters. The lowest BCUT2D eigenvalue weighted by Crippen LogP contribution is -2.32. The third kappa shape index (κ3) is 4.91. The average molecular weight is 395 g/mol. The molecule has 2 heterocycles. The van der Waals surface area contributed by atoms with Crippen molar-refractivity contribution >= 4 is 11.6 Å². The van der Waals surface area contributed by atoms with Gasteiger partial charge >= 0.3 is 0 Å². The SMILES string of the molecule is CC(C)C(=O)Nc1cccc(C2CCN(Cc3ccc4c(c3)OCCO4)CC2)c1. The molecule has 1 amide bonds. The molecule has 0 aromatic heterocycles. The second-order valence-electron chi connectivity index (χ2n) is 8.30. The van der Waals surface area contributed by atoms with Crippen LogP contribution in [0.4, 0.5) is 5.69 Å². The van der Waals surface area contributed by atoms with Crippen molar-refractivity contribution in [2.45, 2.75) is 39.2 Å². The van der Waals surface area contributed by atoms with E-state index in [1.807, 2.05) is 32.0 Å². The van der Waals surface area contributed by atoms with Crippen molar-refractivity contribution in [1.82, 2.24) is 4.90 Å². The second kappa shape index (κ2) is 8.87. The maximum absolute atomic E-state index is 12.0. The number of nitrogens with one attached hydrogen (secondary N) is 1. The molecular weight excluding hydrogens is 364 g/mol. The summed E-state index contributed by atoms with van der Waals surface area (Å²) in [5.41, 5.74) is 3.50. The van der Waals surface area contributed by atoms with Crippen molar-refractivity contribution in [3.8, 4) is 11.5 Å². The van der Waals surface area contributed by atoms with E-state index in [2.05, 4.69) is 34.5 Å². The number of ether oxygens (including phenoxy) is 2. The lowest BCUT2D eigenvalue weighted by molar-refractivity contribution is -0.118. The zero-order chi connectivity index (χ0) is 20.2. The number of nitrogens with zero attached hydrogens (tertiary/aromatic N) is 1. The van der Waals surface area contributed by atoms with Crippen molar-refractivity contribution in [2.24, 2.45) is 5.92 Å². The van der Waals surface area contributed by atoms with Crippen LogP contribution in [-0.4, -0.2) is 37.1 Å². The fourth-order valence-corrected chi connectivity index (χ4v) is 4.03. The normalized spacial score (nSPS) is 17.3. The molecular formula is C24H30N2O3. The maximum Gasteiger partial charge on any atom is 0.226 e. The van der Waals surface area contributed by atoms with E-state index in [4.69, 9.17) is 9.47 Å². The van der Waals surface area contributed by atoms with E-state index in [-0.39, 0.29) is 11.8 Å². The molecule has 0 aliphatic carbocycles. The van der Waals surface area contributed by atoms with Crippen LogP contribution in [0.5, 0.6) is 11.5 Å². The number of piperidine rings is 1. The first-order chi connectivity index (χ1) is 14.1. The smallest absolute Gasteiger partial charge is 0.226 e. The standard InChI is InChI=1S/C24H30N2O3/c1-17(2)24(27)25-21-5-3-4-20(15-21)19-8-10-26(11-9-19)16-18-6-7-22-23(14-18)29-13-12-28-22/h3-7,14-15,17,19H,8-13,16H2,1-2H3,(H,25,27). The molecule has 5 heteroatoms. The summed E-state index contributed by atoms with van der Waals surface area (Å²) in [6.45, 7) is 8.16. The van der Waals surface area contributed by atoms with Crippen LogP contribution in [0.15, 0.2) is 42.5 Å². The van der Waals surface area contributed by atoms with Crippen LogP contribution in [0.1, 0.15) is 43.7 Å². The molecule has 1 fully saturated rings. The van der Waals surface area contributed by atoms with Gasteiger partial charge in [-0.1, -0.05) is 32.0 Å². The molecule has 0 atom stereocenters. The van der Waals surface area contributed by atoms with Gasteiger partial charge in [-0.05, 0) is 67.2 Å². The Morgan fingerprint density at radius 1 is 1.07 bits per heavy atom. The summed E-state index contributed by atoms with van der Waals surface area (Å²) in [6, 6.07) is 14.6. The maximum atomic E-state index is 12.0. The highest BCUT2D eigenvalue weighted by Crippen LogP contribution is 2.33. The molecule has 2 aromatic carbocycles. The minimum Gasteiger partial charge on any atom is -0.486 e. The van der Waals surface area contributed by atoms with Gasteiger partial charge in [-0.15, -0.1) is 0 Å². The van der Waals surface area contributed by atoms with E-state index in [0.717, 1.165) is 49.7 Å². The minimum absolute atomic E-state index is 0.0116. The molecule has 2 aliphatic heterocycles. The van der Waals surface area contributed by atoms with Gasteiger partial charge in [-0.3, -0.25) is 9.69 Å². The molecule has 1 N–H and O–H groups in total. The predicted octanol–water partition coefficient (Wildman–Crippen LogP) is 4.43. The molecule has 1 saturated heterocycles. The monoisotopic (exact) mass is 394 g/mol. The van der Waals surface area contributed by atoms with Crippen LogP contribution in [-0.2, 0) is 11.3 Å². The Hall–Kier alpha value is -2.53. The summed E-state index contributed by atoms with van der Waals surface area (Å²) in [5, 5.41) is 3.02. The Bertz CT molecular complexity index is 857. The molecule has 4 rings (SSSR count). The molecule has 0 radical (unpaired) electrons. The lowest BCUT2D eigenvalue weighted by atomic mass is 9.89. The van der Waals surface area contributed by atoms with Gasteiger partial charge in [0.15, 0.2) is 11.5 Å². The molecule has 0 bridgehead atoms. The number of carbonyl (C=O) groups excluding carboxylic acids is 1. The Morgan fingerprint density at radius 3 is 2.59 bits per heavy atom. The number of amides is 1. The van der Waals surface area contributed by atoms with Gasteiger partial charge in [0.25, 0.3) is 0 Å². The highest BCUT2D eigenvalue weighted by molar-refractivity contribution is 5.92. The minimum atomic E-state index is -0.0116. The summed E-state index contributed by atoms with van der Waals surface area (Å²) in [6.07, 6.45) is 2.26. The summed E-state index contributed by atoms with van der Waals surface area (Å²) in [4.78, 5) is 14.5. The van der Waals surface area contributed by atoms with E-state index in [0.29, 0.717) is 19.1 Å². The fourth-order valence-electron chi connectivity index (χ4n) is 4.03. The molecule has 5 nitrogen and oxygen atoms in total. The van der Waals surface area contributed by atoms with Gasteiger partial charge in [0, 0.05) is 18.2 Å². The van der Waals surface area contributed by atoms with Crippen molar-refractivity contribution in [3.05, 3.63) is 53.6 Å². The quantitative estimate of drug-likeness (QED) is 0.815. The second-order valence-corrected chi connectivity index (χ2v) is 8.30. The van der Waals surface area contributed by atoms with Gasteiger partial charge in [-0.2, -0.15) is 0 Å². The van der Waals surface area contributed by atoms with Crippen LogP contribution in [0.2, 0.25) is 0 Å². The van der Waals surface area contributed by atoms with Crippen molar-refractivity contribution in [1.29, 1.82) is 0 Å². The Kier molecular flexibility index (Phi) is 6.05. The van der Waals surface area contributed by atoms with Gasteiger partial charge in [0.05, 0.1) is 0 Å². The van der Waals surface area contributed by atoms with Gasteiger partial charge in [0.2, 0.25) is 5.91 Å². The molecule has 154 valence electrons. The van der Waals surface area contributed by atoms with E-state index < -0.39 is 0 Å². The third-order valence-electron chi connectivity index (χ3n) is 5.75. The summed E-state index contributed by atoms with van der Waals surface area (Å²) in [7, 11) is 0. The number of carbonyl (C=O) groups is 1. The molecule has 0 spiro atoms. The number of benzene rings is 2. The van der Waals surface area contributed by atoms with Crippen LogP contribution >= 0.6 is 0 Å². The third-order valence-corrected chi connectivity index (χ3v) is 5.75. The van der Waals surface area contributed by atoms with E-state index >= 15 is 0 Å². The number of hydrogen-bond donors (Lipinski definition) is 1. The average Bonchev–Trinajstić information content (AvgIpc) is 2.74. The van der Waals surface area contributed by atoms with E-state index in [9.17, 15) is 4.79 Å². The predicted molar refractivity (Wildman–Crippen MR) is 115 cm³/mol. The Morgan fingerprint density at radius 2 is 1.83 bits per heavy atom. The zero-order valence-electron chi connectivity index (χ0n) is 17.3. The number of anilines is 1. The van der Waals surface area contributed by atoms with Gasteiger partial charge in [0.1, 0.15) is 13.2 Å². The number of fused-ring (bicyclic) bond motifs is 1. The first-order valence-electron chi connectivity index (χ1n) is 10.6. The summed E-state index contributed by atoms with van der Waals surface area (Å²) in [5.74, 6) is 2.31. The molecule has 2 aromatic rings. The fraction of sp³-hybridized carbons (Fsp3) is 0.458. The zero-order valence-corrected chi connectivity index (χ0v) is 17.3. The lowest BCUT2D eigenvalue weighted by Gasteiger charge is -2.32. The first-order valence-corrected chi connectivity index (χ1v) is 10.6.